The quantitative estimate of drug-likeness (QED) is 0.928. The fourth-order valence-electron chi connectivity index (χ4n) is 2.50. The van der Waals surface area contributed by atoms with Crippen LogP contribution < -0.4 is 10.2 Å². The van der Waals surface area contributed by atoms with Gasteiger partial charge in [-0.05, 0) is 38.3 Å². The van der Waals surface area contributed by atoms with Gasteiger partial charge in [0.1, 0.15) is 0 Å². The summed E-state index contributed by atoms with van der Waals surface area (Å²) in [5.41, 5.74) is 3.52. The van der Waals surface area contributed by atoms with E-state index in [1.165, 1.54) is 24.0 Å². The van der Waals surface area contributed by atoms with E-state index in [4.69, 9.17) is 0 Å². The van der Waals surface area contributed by atoms with E-state index in [2.05, 4.69) is 57.4 Å². The van der Waals surface area contributed by atoms with E-state index in [1.54, 1.807) is 6.20 Å². The minimum absolute atomic E-state index is 0.720. The van der Waals surface area contributed by atoms with Crippen LogP contribution in [-0.4, -0.2) is 28.3 Å². The molecule has 0 atom stereocenters. The zero-order chi connectivity index (χ0) is 13.9. The van der Waals surface area contributed by atoms with E-state index >= 15 is 0 Å². The highest BCUT2D eigenvalue weighted by Gasteiger charge is 2.15. The molecular weight excluding hydrogens is 250 g/mol. The zero-order valence-electron chi connectivity index (χ0n) is 11.9. The molecule has 2 aromatic rings. The maximum Gasteiger partial charge on any atom is 0.247 e. The average Bonchev–Trinajstić information content (AvgIpc) is 2.96. The maximum atomic E-state index is 4.55. The SMILES string of the molecule is Cc1ccc(Nc2cnnc(N3CCCC3)n2)c(C)c1. The Bertz CT molecular complexity index is 605. The summed E-state index contributed by atoms with van der Waals surface area (Å²) in [6, 6.07) is 6.31. The van der Waals surface area contributed by atoms with Crippen molar-refractivity contribution in [3.8, 4) is 0 Å². The van der Waals surface area contributed by atoms with Crippen LogP contribution >= 0.6 is 0 Å². The van der Waals surface area contributed by atoms with Gasteiger partial charge in [-0.1, -0.05) is 17.7 Å². The molecule has 0 aliphatic carbocycles. The van der Waals surface area contributed by atoms with Gasteiger partial charge in [0.2, 0.25) is 5.95 Å². The van der Waals surface area contributed by atoms with E-state index < -0.39 is 0 Å². The predicted molar refractivity (Wildman–Crippen MR) is 80.5 cm³/mol. The van der Waals surface area contributed by atoms with Gasteiger partial charge in [0.05, 0.1) is 6.20 Å². The number of benzene rings is 1. The first-order valence-electron chi connectivity index (χ1n) is 7.01. The predicted octanol–water partition coefficient (Wildman–Crippen LogP) is 2.83. The van der Waals surface area contributed by atoms with Crippen LogP contribution in [0.15, 0.2) is 24.4 Å². The van der Waals surface area contributed by atoms with Gasteiger partial charge in [-0.2, -0.15) is 10.1 Å². The molecule has 5 heteroatoms. The van der Waals surface area contributed by atoms with Gasteiger partial charge in [0, 0.05) is 18.8 Å². The van der Waals surface area contributed by atoms with E-state index in [-0.39, 0.29) is 0 Å². The van der Waals surface area contributed by atoms with Gasteiger partial charge in [-0.3, -0.25) is 0 Å². The van der Waals surface area contributed by atoms with Gasteiger partial charge >= 0.3 is 0 Å². The minimum atomic E-state index is 0.720. The zero-order valence-corrected chi connectivity index (χ0v) is 11.9. The van der Waals surface area contributed by atoms with Crippen LogP contribution in [0.1, 0.15) is 24.0 Å². The molecule has 5 nitrogen and oxygen atoms in total. The summed E-state index contributed by atoms with van der Waals surface area (Å²) >= 11 is 0. The largest absolute Gasteiger partial charge is 0.339 e. The van der Waals surface area contributed by atoms with Gasteiger partial charge in [-0.15, -0.1) is 5.10 Å². The van der Waals surface area contributed by atoms with E-state index in [1.807, 2.05) is 0 Å². The number of aryl methyl sites for hydroxylation is 2. The monoisotopic (exact) mass is 269 g/mol. The van der Waals surface area contributed by atoms with Crippen molar-refractivity contribution in [2.24, 2.45) is 0 Å². The molecule has 0 bridgehead atoms. The molecule has 1 aromatic carbocycles. The summed E-state index contributed by atoms with van der Waals surface area (Å²) in [5.74, 6) is 1.46. The van der Waals surface area contributed by atoms with Gasteiger partial charge in [0.15, 0.2) is 5.82 Å². The molecule has 0 saturated carbocycles. The molecule has 104 valence electrons. The number of anilines is 3. The lowest BCUT2D eigenvalue weighted by Gasteiger charge is -2.15. The molecule has 0 radical (unpaired) electrons. The summed E-state index contributed by atoms with van der Waals surface area (Å²) in [5, 5.41) is 11.5. The Morgan fingerprint density at radius 3 is 2.70 bits per heavy atom. The molecule has 0 amide bonds. The molecular formula is C15H19N5. The first kappa shape index (κ1) is 12.8. The third-order valence-electron chi connectivity index (χ3n) is 3.58. The molecule has 1 N–H and O–H groups in total. The Balaban J connectivity index is 1.81. The van der Waals surface area contributed by atoms with Crippen molar-refractivity contribution in [3.63, 3.8) is 0 Å². The van der Waals surface area contributed by atoms with Crippen molar-refractivity contribution in [2.75, 3.05) is 23.3 Å². The minimum Gasteiger partial charge on any atom is -0.339 e. The van der Waals surface area contributed by atoms with Crippen molar-refractivity contribution < 1.29 is 0 Å². The van der Waals surface area contributed by atoms with E-state index in [0.29, 0.717) is 0 Å². The molecule has 1 aliphatic heterocycles. The lowest BCUT2D eigenvalue weighted by Crippen LogP contribution is -2.21. The molecule has 1 saturated heterocycles. The topological polar surface area (TPSA) is 53.9 Å². The standard InChI is InChI=1S/C15H19N5/c1-11-5-6-13(12(2)9-11)17-14-10-16-19-15(18-14)20-7-3-4-8-20/h5-6,9-10H,3-4,7-8H2,1-2H3,(H,17,18,19). The van der Waals surface area contributed by atoms with Crippen molar-refractivity contribution in [2.45, 2.75) is 26.7 Å². The highest BCUT2D eigenvalue weighted by molar-refractivity contribution is 5.61. The summed E-state index contributed by atoms with van der Waals surface area (Å²) in [6.07, 6.45) is 4.08. The van der Waals surface area contributed by atoms with Crippen molar-refractivity contribution in [3.05, 3.63) is 35.5 Å². The van der Waals surface area contributed by atoms with E-state index in [0.717, 1.165) is 30.5 Å². The normalized spacial score (nSPS) is 14.6. The van der Waals surface area contributed by atoms with Crippen LogP contribution in [0.25, 0.3) is 0 Å². The highest BCUT2D eigenvalue weighted by Crippen LogP contribution is 2.21. The second-order valence-corrected chi connectivity index (χ2v) is 5.28. The van der Waals surface area contributed by atoms with Crippen molar-refractivity contribution >= 4 is 17.5 Å². The first-order chi connectivity index (χ1) is 9.72. The lowest BCUT2D eigenvalue weighted by molar-refractivity contribution is 0.852. The Kier molecular flexibility index (Phi) is 3.50. The number of rotatable bonds is 3. The van der Waals surface area contributed by atoms with Crippen LogP contribution in [0.2, 0.25) is 0 Å². The summed E-state index contributed by atoms with van der Waals surface area (Å²) < 4.78 is 0. The lowest BCUT2D eigenvalue weighted by atomic mass is 10.1. The van der Waals surface area contributed by atoms with E-state index in [9.17, 15) is 0 Å². The summed E-state index contributed by atoms with van der Waals surface area (Å²) in [6.45, 7) is 6.23. The average molecular weight is 269 g/mol. The van der Waals surface area contributed by atoms with Gasteiger partial charge in [0.25, 0.3) is 0 Å². The van der Waals surface area contributed by atoms with Gasteiger partial charge < -0.3 is 10.2 Å². The third-order valence-corrected chi connectivity index (χ3v) is 3.58. The van der Waals surface area contributed by atoms with Crippen LogP contribution in [0.3, 0.4) is 0 Å². The Morgan fingerprint density at radius 2 is 1.95 bits per heavy atom. The third kappa shape index (κ3) is 2.71. The van der Waals surface area contributed by atoms with Crippen LogP contribution in [-0.2, 0) is 0 Å². The highest BCUT2D eigenvalue weighted by atomic mass is 15.3. The molecule has 0 spiro atoms. The first-order valence-corrected chi connectivity index (χ1v) is 7.01. The molecule has 2 heterocycles. The number of nitrogens with zero attached hydrogens (tertiary/aromatic N) is 4. The van der Waals surface area contributed by atoms with Crippen molar-refractivity contribution in [1.82, 2.24) is 15.2 Å². The van der Waals surface area contributed by atoms with Crippen LogP contribution in [0, 0.1) is 13.8 Å². The van der Waals surface area contributed by atoms with Crippen LogP contribution in [0.4, 0.5) is 17.5 Å². The second-order valence-electron chi connectivity index (χ2n) is 5.28. The van der Waals surface area contributed by atoms with Crippen molar-refractivity contribution in [1.29, 1.82) is 0 Å². The Labute approximate surface area is 119 Å². The molecule has 3 rings (SSSR count). The number of hydrogen-bond donors (Lipinski definition) is 1. The fourth-order valence-corrected chi connectivity index (χ4v) is 2.50. The number of aromatic nitrogens is 3. The summed E-state index contributed by atoms with van der Waals surface area (Å²) in [7, 11) is 0. The maximum absolute atomic E-state index is 4.55. The number of hydrogen-bond acceptors (Lipinski definition) is 5. The van der Waals surface area contributed by atoms with Gasteiger partial charge in [-0.25, -0.2) is 0 Å². The molecule has 1 fully saturated rings. The number of nitrogens with one attached hydrogen (secondary N) is 1. The molecule has 1 aliphatic rings. The van der Waals surface area contributed by atoms with Crippen LogP contribution in [0.5, 0.6) is 0 Å². The summed E-state index contributed by atoms with van der Waals surface area (Å²) in [4.78, 5) is 6.74. The smallest absolute Gasteiger partial charge is 0.247 e. The molecule has 20 heavy (non-hydrogen) atoms. The molecule has 0 unspecified atom stereocenters. The Hall–Kier alpha value is -2.17. The Morgan fingerprint density at radius 1 is 1.15 bits per heavy atom. The fraction of sp³-hybridized carbons (Fsp3) is 0.400. The molecule has 1 aromatic heterocycles. The second kappa shape index (κ2) is 5.45.